The van der Waals surface area contributed by atoms with Gasteiger partial charge in [-0.2, -0.15) is 4.98 Å². The minimum atomic E-state index is 0.591. The van der Waals surface area contributed by atoms with Crippen LogP contribution in [0.5, 0.6) is 0 Å². The molecule has 4 rings (SSSR count). The Bertz CT molecular complexity index is 900. The molecule has 2 heterocycles. The quantitative estimate of drug-likeness (QED) is 0.618. The van der Waals surface area contributed by atoms with Crippen LogP contribution in [0.15, 0.2) is 60.7 Å². The van der Waals surface area contributed by atoms with Crippen LogP contribution in [0.1, 0.15) is 25.5 Å². The summed E-state index contributed by atoms with van der Waals surface area (Å²) in [4.78, 5) is 11.6. The van der Waals surface area contributed by atoms with Crippen molar-refractivity contribution in [1.29, 1.82) is 0 Å². The highest BCUT2D eigenvalue weighted by atomic mass is 15.1. The smallest absolute Gasteiger partial charge is 0.229 e. The predicted molar refractivity (Wildman–Crippen MR) is 117 cm³/mol. The van der Waals surface area contributed by atoms with E-state index in [1.165, 1.54) is 18.5 Å². The number of benzene rings is 2. The van der Waals surface area contributed by atoms with E-state index in [1.807, 2.05) is 43.3 Å². The summed E-state index contributed by atoms with van der Waals surface area (Å²) in [5.74, 6) is 2.22. The largest absolute Gasteiger partial charge is 0.372 e. The van der Waals surface area contributed by atoms with Gasteiger partial charge in [-0.15, -0.1) is 0 Å². The molecule has 0 aliphatic carbocycles. The van der Waals surface area contributed by atoms with E-state index in [1.54, 1.807) is 0 Å². The van der Waals surface area contributed by atoms with Crippen LogP contribution in [0.25, 0.3) is 0 Å². The maximum absolute atomic E-state index is 4.60. The fourth-order valence-corrected chi connectivity index (χ4v) is 3.51. The summed E-state index contributed by atoms with van der Waals surface area (Å²) in [5, 5.41) is 6.66. The second-order valence-electron chi connectivity index (χ2n) is 7.55. The number of hydrogen-bond acceptors (Lipinski definition) is 5. The number of piperidine rings is 1. The third-order valence-electron chi connectivity index (χ3n) is 5.17. The Balaban J connectivity index is 1.45. The van der Waals surface area contributed by atoms with Crippen molar-refractivity contribution < 1.29 is 0 Å². The maximum Gasteiger partial charge on any atom is 0.229 e. The zero-order chi connectivity index (χ0) is 19.3. The van der Waals surface area contributed by atoms with E-state index in [4.69, 9.17) is 0 Å². The third kappa shape index (κ3) is 4.60. The maximum atomic E-state index is 4.60. The predicted octanol–water partition coefficient (Wildman–Crippen LogP) is 5.51. The van der Waals surface area contributed by atoms with Crippen LogP contribution in [0.4, 0.5) is 28.8 Å². The van der Waals surface area contributed by atoms with Gasteiger partial charge in [-0.3, -0.25) is 0 Å². The molecule has 0 amide bonds. The molecule has 28 heavy (non-hydrogen) atoms. The van der Waals surface area contributed by atoms with E-state index in [0.29, 0.717) is 5.95 Å². The molecule has 2 aromatic carbocycles. The molecule has 0 unspecified atom stereocenters. The molecule has 144 valence electrons. The van der Waals surface area contributed by atoms with Crippen molar-refractivity contribution >= 4 is 28.8 Å². The molecule has 5 nitrogen and oxygen atoms in total. The average Bonchev–Trinajstić information content (AvgIpc) is 2.70. The Morgan fingerprint density at radius 2 is 1.54 bits per heavy atom. The zero-order valence-corrected chi connectivity index (χ0v) is 16.5. The first-order valence-corrected chi connectivity index (χ1v) is 9.95. The fraction of sp³-hybridized carbons (Fsp3) is 0.304. The fourth-order valence-electron chi connectivity index (χ4n) is 3.51. The standard InChI is InChI=1S/C23H27N5/c1-17-12-14-28(15-13-17)21-10-8-20(9-11-21)25-22-16-18(2)24-23(27-22)26-19-6-4-3-5-7-19/h3-11,16-17H,12-15H2,1-2H3,(H2,24,25,26,27). The van der Waals surface area contributed by atoms with Gasteiger partial charge >= 0.3 is 0 Å². The summed E-state index contributed by atoms with van der Waals surface area (Å²) >= 11 is 0. The Morgan fingerprint density at radius 3 is 2.25 bits per heavy atom. The summed E-state index contributed by atoms with van der Waals surface area (Å²) in [6.07, 6.45) is 2.55. The lowest BCUT2D eigenvalue weighted by Crippen LogP contribution is -2.32. The Labute approximate surface area is 166 Å². The minimum absolute atomic E-state index is 0.591. The van der Waals surface area contributed by atoms with E-state index in [-0.39, 0.29) is 0 Å². The average molecular weight is 374 g/mol. The number of aromatic nitrogens is 2. The van der Waals surface area contributed by atoms with E-state index >= 15 is 0 Å². The summed E-state index contributed by atoms with van der Waals surface area (Å²) in [7, 11) is 0. The Morgan fingerprint density at radius 1 is 0.857 bits per heavy atom. The molecule has 0 saturated carbocycles. The number of rotatable bonds is 5. The van der Waals surface area contributed by atoms with E-state index in [0.717, 1.165) is 41.9 Å². The second kappa shape index (κ2) is 8.30. The van der Waals surface area contributed by atoms with Gasteiger partial charge in [-0.1, -0.05) is 25.1 Å². The van der Waals surface area contributed by atoms with Crippen molar-refractivity contribution in [3.05, 3.63) is 66.4 Å². The molecule has 0 radical (unpaired) electrons. The molecular weight excluding hydrogens is 346 g/mol. The van der Waals surface area contributed by atoms with E-state index < -0.39 is 0 Å². The van der Waals surface area contributed by atoms with Gasteiger partial charge in [-0.05, 0) is 62.1 Å². The zero-order valence-electron chi connectivity index (χ0n) is 16.5. The van der Waals surface area contributed by atoms with Crippen LogP contribution in [-0.4, -0.2) is 23.1 Å². The lowest BCUT2D eigenvalue weighted by Gasteiger charge is -2.32. The van der Waals surface area contributed by atoms with Crippen LogP contribution >= 0.6 is 0 Å². The molecule has 1 saturated heterocycles. The lowest BCUT2D eigenvalue weighted by molar-refractivity contribution is 0.438. The Hall–Kier alpha value is -3.08. The first-order chi connectivity index (χ1) is 13.7. The van der Waals surface area contributed by atoms with Crippen molar-refractivity contribution in [1.82, 2.24) is 9.97 Å². The highest BCUT2D eigenvalue weighted by Crippen LogP contribution is 2.25. The minimum Gasteiger partial charge on any atom is -0.372 e. The van der Waals surface area contributed by atoms with Crippen LogP contribution < -0.4 is 15.5 Å². The van der Waals surface area contributed by atoms with Crippen molar-refractivity contribution in [3.63, 3.8) is 0 Å². The van der Waals surface area contributed by atoms with Gasteiger partial charge in [0.2, 0.25) is 5.95 Å². The molecule has 1 aliphatic heterocycles. The number of nitrogens with one attached hydrogen (secondary N) is 2. The molecule has 0 atom stereocenters. The van der Waals surface area contributed by atoms with Crippen molar-refractivity contribution in [2.75, 3.05) is 28.6 Å². The van der Waals surface area contributed by atoms with Gasteiger partial charge in [0.1, 0.15) is 5.82 Å². The van der Waals surface area contributed by atoms with E-state index in [2.05, 4.69) is 56.7 Å². The van der Waals surface area contributed by atoms with Gasteiger partial charge < -0.3 is 15.5 Å². The van der Waals surface area contributed by atoms with Gasteiger partial charge in [0.15, 0.2) is 0 Å². The van der Waals surface area contributed by atoms with E-state index in [9.17, 15) is 0 Å². The Kier molecular flexibility index (Phi) is 5.42. The molecule has 1 fully saturated rings. The van der Waals surface area contributed by atoms with Crippen molar-refractivity contribution in [2.45, 2.75) is 26.7 Å². The highest BCUT2D eigenvalue weighted by molar-refractivity contribution is 5.63. The van der Waals surface area contributed by atoms with Crippen LogP contribution in [0.2, 0.25) is 0 Å². The number of nitrogens with zero attached hydrogens (tertiary/aromatic N) is 3. The van der Waals surface area contributed by atoms with Crippen molar-refractivity contribution in [2.24, 2.45) is 5.92 Å². The van der Waals surface area contributed by atoms with Crippen LogP contribution in [-0.2, 0) is 0 Å². The van der Waals surface area contributed by atoms with Crippen molar-refractivity contribution in [3.8, 4) is 0 Å². The normalized spacial score (nSPS) is 14.7. The number of para-hydroxylation sites is 1. The second-order valence-corrected chi connectivity index (χ2v) is 7.55. The SMILES string of the molecule is Cc1cc(Nc2ccc(N3CCC(C)CC3)cc2)nc(Nc2ccccc2)n1. The summed E-state index contributed by atoms with van der Waals surface area (Å²) < 4.78 is 0. The molecule has 0 spiro atoms. The van der Waals surface area contributed by atoms with Gasteiger partial charge in [0.25, 0.3) is 0 Å². The molecule has 5 heteroatoms. The molecule has 3 aromatic rings. The van der Waals surface area contributed by atoms with Gasteiger partial charge in [0, 0.05) is 41.9 Å². The van der Waals surface area contributed by atoms with Gasteiger partial charge in [-0.25, -0.2) is 4.98 Å². The number of hydrogen-bond donors (Lipinski definition) is 2. The molecular formula is C23H27N5. The van der Waals surface area contributed by atoms with Gasteiger partial charge in [0.05, 0.1) is 0 Å². The van der Waals surface area contributed by atoms with Crippen LogP contribution in [0.3, 0.4) is 0 Å². The third-order valence-corrected chi connectivity index (χ3v) is 5.17. The number of aryl methyl sites for hydroxylation is 1. The summed E-state index contributed by atoms with van der Waals surface area (Å²) in [5.41, 5.74) is 4.20. The first-order valence-electron chi connectivity index (χ1n) is 9.95. The topological polar surface area (TPSA) is 53.1 Å². The monoisotopic (exact) mass is 373 g/mol. The number of anilines is 5. The molecule has 2 N–H and O–H groups in total. The summed E-state index contributed by atoms with van der Waals surface area (Å²) in [6, 6.07) is 20.5. The lowest BCUT2D eigenvalue weighted by atomic mass is 9.99. The summed E-state index contributed by atoms with van der Waals surface area (Å²) in [6.45, 7) is 6.61. The highest BCUT2D eigenvalue weighted by Gasteiger charge is 2.15. The van der Waals surface area contributed by atoms with Crippen LogP contribution in [0, 0.1) is 12.8 Å². The molecule has 0 bridgehead atoms. The molecule has 1 aliphatic rings. The first kappa shape index (κ1) is 18.3. The molecule has 1 aromatic heterocycles.